The molecule has 1 aromatic heterocycles. The van der Waals surface area contributed by atoms with E-state index in [-0.39, 0.29) is 6.04 Å². The molecule has 2 aromatic rings. The van der Waals surface area contributed by atoms with Gasteiger partial charge in [0.05, 0.1) is 30.2 Å². The van der Waals surface area contributed by atoms with E-state index in [4.69, 9.17) is 4.74 Å². The number of nitrogens with zero attached hydrogens (tertiary/aromatic N) is 2. The molecule has 1 unspecified atom stereocenters. The van der Waals surface area contributed by atoms with Crippen LogP contribution in [0.5, 0.6) is 5.75 Å². The fourth-order valence-electron chi connectivity index (χ4n) is 1.71. The monoisotopic (exact) mass is 243 g/mol. The lowest BCUT2D eigenvalue weighted by Gasteiger charge is -2.17. The van der Waals surface area contributed by atoms with Gasteiger partial charge in [-0.3, -0.25) is 9.97 Å². The van der Waals surface area contributed by atoms with Crippen molar-refractivity contribution in [3.8, 4) is 5.75 Å². The summed E-state index contributed by atoms with van der Waals surface area (Å²) >= 11 is 0. The highest BCUT2D eigenvalue weighted by Gasteiger charge is 2.09. The van der Waals surface area contributed by atoms with E-state index < -0.39 is 0 Å². The second kappa shape index (κ2) is 6.00. The predicted octanol–water partition coefficient (Wildman–Crippen LogP) is 3.05. The number of benzene rings is 1. The number of rotatable bonds is 5. The number of para-hydroxylation sites is 2. The summed E-state index contributed by atoms with van der Waals surface area (Å²) in [6.45, 7) is 4.67. The van der Waals surface area contributed by atoms with Crippen LogP contribution in [0.2, 0.25) is 0 Å². The first-order valence-electron chi connectivity index (χ1n) is 6.05. The summed E-state index contributed by atoms with van der Waals surface area (Å²) in [7, 11) is 0. The van der Waals surface area contributed by atoms with Gasteiger partial charge < -0.3 is 10.1 Å². The Balaban J connectivity index is 2.14. The molecule has 94 valence electrons. The van der Waals surface area contributed by atoms with E-state index in [1.54, 1.807) is 18.6 Å². The molecule has 0 saturated carbocycles. The zero-order valence-corrected chi connectivity index (χ0v) is 10.6. The highest BCUT2D eigenvalue weighted by molar-refractivity contribution is 5.57. The molecule has 1 atom stereocenters. The fourth-order valence-corrected chi connectivity index (χ4v) is 1.71. The molecule has 1 N–H and O–H groups in total. The zero-order chi connectivity index (χ0) is 12.8. The van der Waals surface area contributed by atoms with Crippen LogP contribution < -0.4 is 10.1 Å². The van der Waals surface area contributed by atoms with E-state index in [1.165, 1.54) is 0 Å². The van der Waals surface area contributed by atoms with E-state index in [1.807, 2.05) is 38.1 Å². The van der Waals surface area contributed by atoms with Gasteiger partial charge in [-0.2, -0.15) is 0 Å². The van der Waals surface area contributed by atoms with Gasteiger partial charge in [0.1, 0.15) is 5.75 Å². The van der Waals surface area contributed by atoms with Crippen molar-refractivity contribution >= 4 is 5.69 Å². The van der Waals surface area contributed by atoms with Gasteiger partial charge in [-0.15, -0.1) is 0 Å². The van der Waals surface area contributed by atoms with Crippen LogP contribution in [0.4, 0.5) is 5.69 Å². The third-order valence-electron chi connectivity index (χ3n) is 2.59. The molecule has 0 aliphatic rings. The SMILES string of the molecule is CCOc1ccccc1NC(C)c1cnccn1. The van der Waals surface area contributed by atoms with Crippen molar-refractivity contribution in [2.24, 2.45) is 0 Å². The van der Waals surface area contributed by atoms with Gasteiger partial charge in [0.2, 0.25) is 0 Å². The van der Waals surface area contributed by atoms with Crippen molar-refractivity contribution < 1.29 is 4.74 Å². The number of nitrogens with one attached hydrogen (secondary N) is 1. The van der Waals surface area contributed by atoms with Crippen molar-refractivity contribution in [2.75, 3.05) is 11.9 Å². The maximum absolute atomic E-state index is 5.58. The number of aromatic nitrogens is 2. The summed E-state index contributed by atoms with van der Waals surface area (Å²) in [6.07, 6.45) is 5.13. The highest BCUT2D eigenvalue weighted by atomic mass is 16.5. The minimum atomic E-state index is 0.0836. The molecule has 0 fully saturated rings. The van der Waals surface area contributed by atoms with Gasteiger partial charge in [-0.1, -0.05) is 12.1 Å². The Morgan fingerprint density at radius 2 is 2.11 bits per heavy atom. The molecule has 2 rings (SSSR count). The minimum Gasteiger partial charge on any atom is -0.492 e. The van der Waals surface area contributed by atoms with E-state index >= 15 is 0 Å². The Labute approximate surface area is 107 Å². The van der Waals surface area contributed by atoms with Crippen LogP contribution in [0, 0.1) is 0 Å². The first kappa shape index (κ1) is 12.4. The fraction of sp³-hybridized carbons (Fsp3) is 0.286. The summed E-state index contributed by atoms with van der Waals surface area (Å²) in [5.41, 5.74) is 1.88. The summed E-state index contributed by atoms with van der Waals surface area (Å²) in [4.78, 5) is 8.36. The molecule has 0 aliphatic carbocycles. The Kier molecular flexibility index (Phi) is 4.12. The molecular weight excluding hydrogens is 226 g/mol. The molecule has 0 radical (unpaired) electrons. The second-order valence-corrected chi connectivity index (χ2v) is 3.93. The Bertz CT molecular complexity index is 487. The van der Waals surface area contributed by atoms with Crippen molar-refractivity contribution in [1.82, 2.24) is 9.97 Å². The molecule has 4 heteroatoms. The van der Waals surface area contributed by atoms with Gasteiger partial charge in [-0.25, -0.2) is 0 Å². The molecular formula is C14H17N3O. The lowest BCUT2D eigenvalue weighted by molar-refractivity contribution is 0.341. The average Bonchev–Trinajstić information content (AvgIpc) is 2.42. The Morgan fingerprint density at radius 1 is 1.28 bits per heavy atom. The van der Waals surface area contributed by atoms with E-state index in [0.29, 0.717) is 6.61 Å². The van der Waals surface area contributed by atoms with Crippen molar-refractivity contribution in [3.63, 3.8) is 0 Å². The summed E-state index contributed by atoms with van der Waals surface area (Å²) in [6, 6.07) is 7.98. The van der Waals surface area contributed by atoms with Gasteiger partial charge >= 0.3 is 0 Å². The quantitative estimate of drug-likeness (QED) is 0.876. The Hall–Kier alpha value is -2.10. The normalized spacial score (nSPS) is 11.9. The molecule has 0 aliphatic heterocycles. The maximum atomic E-state index is 5.58. The standard InChI is InChI=1S/C14H17N3O/c1-3-18-14-7-5-4-6-12(14)17-11(2)13-10-15-8-9-16-13/h4-11,17H,3H2,1-2H3. The summed E-state index contributed by atoms with van der Waals surface area (Å²) in [5.74, 6) is 0.857. The lowest BCUT2D eigenvalue weighted by atomic mass is 10.2. The molecule has 4 nitrogen and oxygen atoms in total. The average molecular weight is 243 g/mol. The molecule has 0 spiro atoms. The minimum absolute atomic E-state index is 0.0836. The van der Waals surface area contributed by atoms with Crippen molar-refractivity contribution in [1.29, 1.82) is 0 Å². The van der Waals surface area contributed by atoms with Gasteiger partial charge in [0, 0.05) is 12.4 Å². The van der Waals surface area contributed by atoms with E-state index in [2.05, 4.69) is 15.3 Å². The Morgan fingerprint density at radius 3 is 2.83 bits per heavy atom. The number of anilines is 1. The summed E-state index contributed by atoms with van der Waals surface area (Å²) in [5, 5.41) is 3.38. The van der Waals surface area contributed by atoms with Crippen molar-refractivity contribution in [3.05, 3.63) is 48.5 Å². The van der Waals surface area contributed by atoms with Crippen LogP contribution in [0.15, 0.2) is 42.9 Å². The molecule has 0 saturated heterocycles. The van der Waals surface area contributed by atoms with Gasteiger partial charge in [0.25, 0.3) is 0 Å². The van der Waals surface area contributed by atoms with Crippen LogP contribution >= 0.6 is 0 Å². The predicted molar refractivity (Wildman–Crippen MR) is 71.7 cm³/mol. The molecule has 1 aromatic carbocycles. The van der Waals surface area contributed by atoms with Gasteiger partial charge in [0.15, 0.2) is 0 Å². The summed E-state index contributed by atoms with van der Waals surface area (Å²) < 4.78 is 5.58. The van der Waals surface area contributed by atoms with Crippen molar-refractivity contribution in [2.45, 2.75) is 19.9 Å². The second-order valence-electron chi connectivity index (χ2n) is 3.93. The maximum Gasteiger partial charge on any atom is 0.142 e. The lowest BCUT2D eigenvalue weighted by Crippen LogP contribution is -2.09. The van der Waals surface area contributed by atoms with E-state index in [9.17, 15) is 0 Å². The smallest absolute Gasteiger partial charge is 0.142 e. The molecule has 1 heterocycles. The van der Waals surface area contributed by atoms with Crippen LogP contribution in [0.1, 0.15) is 25.6 Å². The van der Waals surface area contributed by atoms with Crippen LogP contribution in [0.3, 0.4) is 0 Å². The topological polar surface area (TPSA) is 47.0 Å². The van der Waals surface area contributed by atoms with Crippen LogP contribution in [-0.4, -0.2) is 16.6 Å². The third-order valence-corrected chi connectivity index (χ3v) is 2.59. The molecule has 18 heavy (non-hydrogen) atoms. The number of ether oxygens (including phenoxy) is 1. The largest absolute Gasteiger partial charge is 0.492 e. The van der Waals surface area contributed by atoms with E-state index in [0.717, 1.165) is 17.1 Å². The first-order chi connectivity index (χ1) is 8.81. The number of hydrogen-bond donors (Lipinski definition) is 1. The molecule has 0 amide bonds. The number of hydrogen-bond acceptors (Lipinski definition) is 4. The van der Waals surface area contributed by atoms with Crippen LogP contribution in [0.25, 0.3) is 0 Å². The van der Waals surface area contributed by atoms with Gasteiger partial charge in [-0.05, 0) is 26.0 Å². The molecule has 0 bridgehead atoms. The first-order valence-corrected chi connectivity index (χ1v) is 6.05. The zero-order valence-electron chi connectivity index (χ0n) is 10.6. The third kappa shape index (κ3) is 2.97. The highest BCUT2D eigenvalue weighted by Crippen LogP contribution is 2.27. The van der Waals surface area contributed by atoms with Crippen LogP contribution in [-0.2, 0) is 0 Å².